The maximum Gasteiger partial charge on any atom is 0.161 e. The largest absolute Gasteiger partial charge is 0.161 e. The first-order valence-electron chi connectivity index (χ1n) is 7.23. The van der Waals surface area contributed by atoms with Gasteiger partial charge in [0.25, 0.3) is 0 Å². The molecule has 22 heavy (non-hydrogen) atoms. The van der Waals surface area contributed by atoms with Crippen LogP contribution in [0.25, 0.3) is 5.57 Å². The molecule has 3 rings (SSSR count). The molecule has 1 aliphatic rings. The van der Waals surface area contributed by atoms with Gasteiger partial charge in [-0.3, -0.25) is 0 Å². The van der Waals surface area contributed by atoms with Gasteiger partial charge in [0.15, 0.2) is 9.80 Å². The number of hydrogen-bond acceptors (Lipinski definition) is 0. The first kappa shape index (κ1) is 16.1. The van der Waals surface area contributed by atoms with E-state index in [1.807, 2.05) is 0 Å². The number of rotatable bonds is 3. The summed E-state index contributed by atoms with van der Waals surface area (Å²) in [6.45, 7) is 2.18. The molecule has 0 heterocycles. The molecular weight excluding hydrogens is 420 g/mol. The van der Waals surface area contributed by atoms with Gasteiger partial charge in [0, 0.05) is 26.6 Å². The van der Waals surface area contributed by atoms with Crippen molar-refractivity contribution in [1.29, 1.82) is 0 Å². The van der Waals surface area contributed by atoms with E-state index >= 15 is 0 Å². The second-order valence-electron chi connectivity index (χ2n) is 5.33. The minimum atomic E-state index is 0.413. The van der Waals surface area contributed by atoms with Crippen LogP contribution in [0.1, 0.15) is 17.5 Å². The minimum absolute atomic E-state index is 0.413. The summed E-state index contributed by atoms with van der Waals surface area (Å²) in [5.41, 5.74) is 3.97. The first-order valence-corrected chi connectivity index (χ1v) is 9.83. The Hall–Kier alpha value is -0.770. The van der Waals surface area contributed by atoms with Crippen molar-refractivity contribution in [3.8, 4) is 0 Å². The van der Waals surface area contributed by atoms with E-state index in [0.29, 0.717) is 4.83 Å². The van der Waals surface area contributed by atoms with Crippen LogP contribution >= 0.6 is 31.9 Å². The Balaban J connectivity index is 1.99. The molecule has 0 nitrogen and oxygen atoms in total. The maximum atomic E-state index is 3.75. The molecular formula is C19H17Br2S+. The average molecular weight is 437 g/mol. The van der Waals surface area contributed by atoms with Gasteiger partial charge in [-0.25, -0.2) is 0 Å². The van der Waals surface area contributed by atoms with Gasteiger partial charge < -0.3 is 0 Å². The standard InChI is InChI=1S/C19H16Br2S/c1-13-7-8-14(20)11-17(13)18-12-15(21)9-10-19(18)22-16-5-3-2-4-6-16/h2-8,10-12,15H,9H2,1H3/p+1. The normalized spacial score (nSPS) is 17.9. The highest BCUT2D eigenvalue weighted by Gasteiger charge is 2.23. The molecule has 112 valence electrons. The van der Waals surface area contributed by atoms with E-state index < -0.39 is 0 Å². The van der Waals surface area contributed by atoms with Crippen LogP contribution in [0.15, 0.2) is 75.0 Å². The first-order chi connectivity index (χ1) is 10.6. The molecule has 2 aromatic carbocycles. The number of thiol groups is 1. The van der Waals surface area contributed by atoms with Crippen molar-refractivity contribution in [2.24, 2.45) is 0 Å². The van der Waals surface area contributed by atoms with Crippen molar-refractivity contribution in [2.45, 2.75) is 23.1 Å². The number of hydrogen-bond donors (Lipinski definition) is 0. The third kappa shape index (κ3) is 3.76. The van der Waals surface area contributed by atoms with E-state index in [4.69, 9.17) is 0 Å². The Labute approximate surface area is 153 Å². The van der Waals surface area contributed by atoms with Gasteiger partial charge >= 0.3 is 0 Å². The van der Waals surface area contributed by atoms with Gasteiger partial charge in [0.1, 0.15) is 0 Å². The lowest BCUT2D eigenvalue weighted by molar-refractivity contribution is 1.07. The molecule has 1 aliphatic carbocycles. The van der Waals surface area contributed by atoms with Crippen molar-refractivity contribution in [3.63, 3.8) is 0 Å². The summed E-state index contributed by atoms with van der Waals surface area (Å²) in [4.78, 5) is 3.14. The summed E-state index contributed by atoms with van der Waals surface area (Å²) in [6.07, 6.45) is 5.76. The predicted molar refractivity (Wildman–Crippen MR) is 106 cm³/mol. The number of allylic oxidation sites excluding steroid dienone is 3. The summed E-state index contributed by atoms with van der Waals surface area (Å²) >= 11 is 8.62. The highest BCUT2D eigenvalue weighted by Crippen LogP contribution is 2.35. The van der Waals surface area contributed by atoms with E-state index in [0.717, 1.165) is 10.9 Å². The molecule has 1 unspecified atom stereocenters. The van der Waals surface area contributed by atoms with Crippen LogP contribution in [-0.4, -0.2) is 4.83 Å². The molecule has 2 aromatic rings. The van der Waals surface area contributed by atoms with E-state index in [-0.39, 0.29) is 0 Å². The number of aryl methyl sites for hydroxylation is 1. The SMILES string of the molecule is Cc1ccc(Br)cc1C1=CC(Br)CC=C1[SH+]c1ccccc1. The Morgan fingerprint density at radius 3 is 2.64 bits per heavy atom. The minimum Gasteiger partial charge on any atom is -0.0842 e. The average Bonchev–Trinajstić information content (AvgIpc) is 2.52. The van der Waals surface area contributed by atoms with Gasteiger partial charge in [0.05, 0.1) is 0 Å². The molecule has 0 aromatic heterocycles. The molecule has 1 atom stereocenters. The fourth-order valence-corrected chi connectivity index (χ4v) is 4.45. The number of halogens is 2. The summed E-state index contributed by atoms with van der Waals surface area (Å²) < 4.78 is 1.13. The van der Waals surface area contributed by atoms with Gasteiger partial charge in [0.2, 0.25) is 0 Å². The summed E-state index contributed by atoms with van der Waals surface area (Å²) in [5, 5.41) is 0. The Kier molecular flexibility index (Phi) is 5.27. The molecule has 0 aliphatic heterocycles. The highest BCUT2D eigenvalue weighted by molar-refractivity contribution is 9.10. The third-order valence-electron chi connectivity index (χ3n) is 3.66. The summed E-state index contributed by atoms with van der Waals surface area (Å²) in [5.74, 6) is 0. The Morgan fingerprint density at radius 1 is 1.09 bits per heavy atom. The van der Waals surface area contributed by atoms with Gasteiger partial charge in [-0.05, 0) is 54.8 Å². The Bertz CT molecular complexity index is 732. The highest BCUT2D eigenvalue weighted by atomic mass is 79.9. The summed E-state index contributed by atoms with van der Waals surface area (Å²) in [7, 11) is 0. The topological polar surface area (TPSA) is 0 Å². The number of alkyl halides is 1. The second kappa shape index (κ2) is 7.20. The fourth-order valence-electron chi connectivity index (χ4n) is 2.53. The van der Waals surface area contributed by atoms with E-state index in [2.05, 4.69) is 99.5 Å². The lowest BCUT2D eigenvalue weighted by atomic mass is 9.96. The molecule has 0 N–H and O–H groups in total. The molecule has 0 amide bonds. The fraction of sp³-hybridized carbons (Fsp3) is 0.158. The van der Waals surface area contributed by atoms with E-state index in [1.165, 1.54) is 38.3 Å². The van der Waals surface area contributed by atoms with Crippen molar-refractivity contribution in [2.75, 3.05) is 0 Å². The van der Waals surface area contributed by atoms with Crippen LogP contribution in [0.3, 0.4) is 0 Å². The quantitative estimate of drug-likeness (QED) is 0.311. The van der Waals surface area contributed by atoms with Crippen LogP contribution in [0.2, 0.25) is 0 Å². The molecule has 0 saturated carbocycles. The van der Waals surface area contributed by atoms with Crippen LogP contribution < -0.4 is 0 Å². The van der Waals surface area contributed by atoms with Gasteiger partial charge in [-0.15, -0.1) is 0 Å². The molecule has 0 fully saturated rings. The van der Waals surface area contributed by atoms with E-state index in [9.17, 15) is 0 Å². The van der Waals surface area contributed by atoms with Gasteiger partial charge in [-0.2, -0.15) is 0 Å². The van der Waals surface area contributed by atoms with E-state index in [1.54, 1.807) is 0 Å². The molecule has 0 spiro atoms. The van der Waals surface area contributed by atoms with Crippen molar-refractivity contribution < 1.29 is 0 Å². The maximum absolute atomic E-state index is 3.75. The van der Waals surface area contributed by atoms with Gasteiger partial charge in [-0.1, -0.05) is 62.2 Å². The zero-order chi connectivity index (χ0) is 15.5. The monoisotopic (exact) mass is 435 g/mol. The summed E-state index contributed by atoms with van der Waals surface area (Å²) in [6, 6.07) is 17.2. The van der Waals surface area contributed by atoms with Crippen molar-refractivity contribution in [1.82, 2.24) is 0 Å². The number of benzene rings is 2. The second-order valence-corrected chi connectivity index (χ2v) is 8.64. The van der Waals surface area contributed by atoms with Crippen LogP contribution in [0.4, 0.5) is 0 Å². The molecule has 3 heteroatoms. The smallest absolute Gasteiger partial charge is 0.0842 e. The Morgan fingerprint density at radius 2 is 1.86 bits per heavy atom. The zero-order valence-corrected chi connectivity index (χ0v) is 16.3. The lowest BCUT2D eigenvalue weighted by Gasteiger charge is -2.16. The third-order valence-corrected chi connectivity index (χ3v) is 6.01. The van der Waals surface area contributed by atoms with Crippen LogP contribution in [0.5, 0.6) is 0 Å². The van der Waals surface area contributed by atoms with Crippen molar-refractivity contribution in [3.05, 3.63) is 81.2 Å². The van der Waals surface area contributed by atoms with Crippen LogP contribution in [0, 0.1) is 6.92 Å². The predicted octanol–water partition coefficient (Wildman–Crippen LogP) is 6.07. The zero-order valence-electron chi connectivity index (χ0n) is 12.3. The van der Waals surface area contributed by atoms with Crippen molar-refractivity contribution >= 4 is 49.2 Å². The molecule has 0 bridgehead atoms. The lowest BCUT2D eigenvalue weighted by Crippen LogP contribution is -2.05. The van der Waals surface area contributed by atoms with Crippen LogP contribution in [-0.2, 0) is 11.8 Å². The molecule has 0 saturated heterocycles. The molecule has 0 radical (unpaired) electrons.